The fourth-order valence-electron chi connectivity index (χ4n) is 2.19. The first kappa shape index (κ1) is 5.47. The van der Waals surface area contributed by atoms with Crippen molar-refractivity contribution in [3.8, 4) is 0 Å². The van der Waals surface area contributed by atoms with Crippen molar-refractivity contribution in [3.63, 3.8) is 0 Å². The first-order chi connectivity index (χ1) is 41.5. The number of allylic oxidation sites excluding steroid dienone is 22. The Morgan fingerprint density at radius 2 is 1.00 bits per heavy atom. The number of rotatable bonds is 10. The van der Waals surface area contributed by atoms with Crippen LogP contribution in [0.25, 0.3) is 0 Å². The van der Waals surface area contributed by atoms with E-state index in [1.165, 1.54) is 0 Å². The van der Waals surface area contributed by atoms with Gasteiger partial charge < -0.3 is 0 Å². The highest BCUT2D eigenvalue weighted by Crippen LogP contribution is 2.41. The van der Waals surface area contributed by atoms with Gasteiger partial charge in [0.05, 0.1) is 19.2 Å². The Hall–Kier alpha value is -2.86. The van der Waals surface area contributed by atoms with Crippen LogP contribution in [0.15, 0.2) is 129 Å². The van der Waals surface area contributed by atoms with E-state index >= 15 is 0 Å². The molecule has 2 rings (SSSR count). The van der Waals surface area contributed by atoms with Gasteiger partial charge in [-0.3, -0.25) is 0 Å². The average molecular weight is 633 g/mol. The van der Waals surface area contributed by atoms with Crippen LogP contribution >= 0.6 is 0 Å². The Balaban J connectivity index is 3.63. The molecular weight excluding hydrogens is 520 g/mol. The second-order valence-corrected chi connectivity index (χ2v) is 7.00. The second-order valence-electron chi connectivity index (χ2n) is 7.00. The molecule has 0 spiro atoms. The summed E-state index contributed by atoms with van der Waals surface area (Å²) in [6.45, 7) is -44.4. The van der Waals surface area contributed by atoms with Gasteiger partial charge in [-0.05, 0) is 101 Å². The SMILES string of the molecule is [2H]\[13C]([13C]1=[13C]([13C]([2H])([2H])[2H])[13C]([2H])([2H])[13C]([2H])([2H])[13C]([2H])([2H])[13C]1([13C]([2H])([2H])[2H])[13C]([2H])([2H])[2H])=[13C]([2H])/[13C](=[13C]([2H])/[13C]([2H])=[13C]([2H])/[13C](=[13C]([2H])/[13C]([2H])=[13C]([2H])/[13C]([2H])=[13C](/[13C]([2H])=[13C]([2H])/[13C]([2H])=[13C](/[13C]([2H])=[13C](\[2H])[13C]1=[13C]([13C]([2H])([2H])[2H])[13C]([2H])([2H])[13C]([2H])([2H])[13C]([2H])([2H])[13C]1([13C]([2H])([2H])[2H])[13C]([2H])([2H])[2H])[13C]([2H])([2H])[2H])[13C]([2H])([2H])[2H])[13C]([2H])([2H])[2H])[13C]([2H])([2H])[2H]. The van der Waals surface area contributed by atoms with Crippen LogP contribution in [-0.4, -0.2) is 0 Å². The summed E-state index contributed by atoms with van der Waals surface area (Å²) in [5.74, 6) is 0. The lowest BCUT2D eigenvalue weighted by Crippen LogP contribution is -2.19. The lowest BCUT2D eigenvalue weighted by atomic mass is 10.7. The maximum Gasteiger partial charge on any atom is 0.0626 e. The van der Waals surface area contributed by atoms with E-state index in [9.17, 15) is 0 Å². The quantitative estimate of drug-likeness (QED) is 0.166. The lowest BCUT2D eigenvalue weighted by molar-refractivity contribution is 0.376. The highest BCUT2D eigenvalue weighted by atomic mass is 15.3. The minimum Gasteiger partial charge on any atom is -0.0696 e. The maximum absolute atomic E-state index is 8.94. The van der Waals surface area contributed by atoms with Crippen LogP contribution in [0.3, 0.4) is 0 Å². The Morgan fingerprint density at radius 1 is 0.600 bits per heavy atom. The van der Waals surface area contributed by atoms with E-state index in [4.69, 9.17) is 76.8 Å². The van der Waals surface area contributed by atoms with Crippen molar-refractivity contribution in [1.82, 2.24) is 0 Å². The van der Waals surface area contributed by atoms with E-state index in [1.54, 1.807) is 0 Å². The summed E-state index contributed by atoms with van der Waals surface area (Å²) < 4.78 is 470. The van der Waals surface area contributed by atoms with Gasteiger partial charge in [0.2, 0.25) is 0 Å². The van der Waals surface area contributed by atoms with Crippen molar-refractivity contribution in [2.24, 2.45) is 10.8 Å². The topological polar surface area (TPSA) is 0 Å². The Morgan fingerprint density at radius 3 is 1.38 bits per heavy atom. The van der Waals surface area contributed by atoms with Gasteiger partial charge in [0, 0.05) is 57.6 Å². The van der Waals surface area contributed by atoms with Gasteiger partial charge in [-0.1, -0.05) is 146 Å². The summed E-state index contributed by atoms with van der Waals surface area (Å²) in [5.41, 5.74) is -27.8. The van der Waals surface area contributed by atoms with Gasteiger partial charge in [0.25, 0.3) is 0 Å². The molecule has 0 N–H and O–H groups in total. The zero-order valence-electron chi connectivity index (χ0n) is 76.0. The van der Waals surface area contributed by atoms with Crippen LogP contribution in [0.5, 0.6) is 0 Å². The largest absolute Gasteiger partial charge is 0.0696 e. The van der Waals surface area contributed by atoms with Crippen molar-refractivity contribution in [2.45, 2.75) is 107 Å². The second kappa shape index (κ2) is 15.8. The molecule has 0 radical (unpaired) electrons. The third-order valence-electron chi connectivity index (χ3n) is 3.94. The highest BCUT2D eigenvalue weighted by molar-refractivity contribution is 5.39. The molecule has 0 unspecified atom stereocenters. The predicted octanol–water partition coefficient (Wildman–Crippen LogP) is 12.6. The molecule has 0 atom stereocenters. The van der Waals surface area contributed by atoms with E-state index in [0.29, 0.717) is 0 Å². The highest BCUT2D eigenvalue weighted by Gasteiger charge is 2.27. The molecule has 0 fully saturated rings. The predicted molar refractivity (Wildman–Crippen MR) is 181 cm³/mol. The van der Waals surface area contributed by atoms with Gasteiger partial charge in [-0.15, -0.1) is 0 Å². The zero-order valence-corrected chi connectivity index (χ0v) is 20.0. The minimum absolute atomic E-state index is 2.11. The Bertz CT molecular complexity index is 3220. The van der Waals surface area contributed by atoms with Gasteiger partial charge in [0.1, 0.15) is 0 Å². The molecule has 0 amide bonds. The van der Waals surface area contributed by atoms with E-state index < -0.39 is 247 Å². The van der Waals surface area contributed by atoms with Crippen LogP contribution in [0.1, 0.15) is 184 Å². The standard InChI is InChI=1S/C40H56/c1-31(19-13-21-33(3)25-27-37-35(5)23-15-29-39(37,7)8)17-11-12-18-32(2)20-14-22-34(4)26-28-38-36(6)24-16-30-40(38,9)10/h11-14,17-22,25-28H,15-16,23-24,29-30H2,1-10H3/b12-11+,19-13+,20-14+,27-25+,28-26+,31-17+,32-18+,33-21+,34-22+/i1+1D3,2+1D3,3+1D3,4+1D3,5+1D3,6+1D3,7+1D3,8+1D3,9+1D3,10+1D3,11+1D,12+1D,13+1D,14+1D,15+1D2,16+1D2,17+1D,18+1D,19+1D,20+1D,21+1D,22+1D,23+1D2,24+1D2,25+1D,26+1D,27+1D,28+1D,29+1D2,30+1D2,31+1,32+1,33+1,34+1,35+1,36+1,37+1,38+1,39+1,40+1. The Kier molecular flexibility index (Phi) is 2.16. The number of hydrogen-bond donors (Lipinski definition) is 0. The van der Waals surface area contributed by atoms with Crippen molar-refractivity contribution >= 4 is 0 Å². The first-order valence-electron chi connectivity index (χ1n) is 38.2. The fraction of sp³-hybridized carbons (Fsp3) is 0.450. The van der Waals surface area contributed by atoms with Crippen LogP contribution < -0.4 is 0 Å². The third kappa shape index (κ3) is 11.3. The smallest absolute Gasteiger partial charge is 0.0626 e. The summed E-state index contributed by atoms with van der Waals surface area (Å²) in [6.07, 6.45) is -27.5. The van der Waals surface area contributed by atoms with Crippen molar-refractivity contribution in [1.29, 1.82) is 0 Å². The molecule has 0 aromatic rings. The molecule has 2 aliphatic rings. The average Bonchev–Trinajstić information content (AvgIpc) is 0.661. The molecule has 40 heavy (non-hydrogen) atoms. The van der Waals surface area contributed by atoms with Gasteiger partial charge in [-0.25, -0.2) is 0 Å². The summed E-state index contributed by atoms with van der Waals surface area (Å²) in [4.78, 5) is 0. The van der Waals surface area contributed by atoms with E-state index in [1.807, 2.05) is 0 Å². The first-order valence-corrected chi connectivity index (χ1v) is 10.2. The van der Waals surface area contributed by atoms with E-state index in [2.05, 4.69) is 0 Å². The van der Waals surface area contributed by atoms with Crippen LogP contribution in [0.4, 0.5) is 0 Å². The van der Waals surface area contributed by atoms with Crippen LogP contribution in [0, 0.1) is 10.8 Å². The van der Waals surface area contributed by atoms with Gasteiger partial charge in [0.15, 0.2) is 0 Å². The van der Waals surface area contributed by atoms with E-state index in [-0.39, 0.29) is 0 Å². The molecular formula is C40H56. The zero-order chi connectivity index (χ0) is 77.7. The lowest BCUT2D eigenvalue weighted by Gasteiger charge is -2.33. The summed E-state index contributed by atoms with van der Waals surface area (Å²) >= 11 is 0. The minimum atomic E-state index is -4.81. The summed E-state index contributed by atoms with van der Waals surface area (Å²) in [7, 11) is 0. The summed E-state index contributed by atoms with van der Waals surface area (Å²) in [6, 6.07) is -31.1. The maximum atomic E-state index is 8.94. The molecule has 0 nitrogen and oxygen atoms in total. The van der Waals surface area contributed by atoms with Crippen molar-refractivity contribution < 1.29 is 76.8 Å². The van der Waals surface area contributed by atoms with Crippen LogP contribution in [0.2, 0.25) is 0 Å². The molecule has 0 aromatic carbocycles. The van der Waals surface area contributed by atoms with Gasteiger partial charge in [-0.2, -0.15) is 0 Å². The fourth-order valence-corrected chi connectivity index (χ4v) is 2.19. The van der Waals surface area contributed by atoms with Gasteiger partial charge >= 0.3 is 0 Å². The molecule has 0 heterocycles. The molecule has 0 bridgehead atoms. The monoisotopic (exact) mass is 633 g/mol. The molecule has 2 aliphatic carbocycles. The third-order valence-corrected chi connectivity index (χ3v) is 3.94. The normalized spacial score (nSPS) is 56.6. The van der Waals surface area contributed by atoms with Crippen molar-refractivity contribution in [2.75, 3.05) is 0 Å². The molecule has 0 heteroatoms. The van der Waals surface area contributed by atoms with E-state index in [0.717, 1.165) is 0 Å². The molecule has 0 saturated carbocycles. The number of hydrogen-bond acceptors (Lipinski definition) is 0. The summed E-state index contributed by atoms with van der Waals surface area (Å²) in [5, 5.41) is 0. The molecule has 0 aliphatic heterocycles. The van der Waals surface area contributed by atoms with Crippen molar-refractivity contribution in [3.05, 3.63) is 129 Å². The van der Waals surface area contributed by atoms with Crippen LogP contribution in [-0.2, 0) is 0 Å². The molecule has 0 aromatic heterocycles. The Labute approximate surface area is 326 Å². The molecule has 0 saturated heterocycles. The molecule has 216 valence electrons.